The zero-order valence-electron chi connectivity index (χ0n) is 16.8. The lowest BCUT2D eigenvalue weighted by Crippen LogP contribution is -2.40. The Balaban J connectivity index is 2.17. The molecule has 152 valence electrons. The third-order valence-corrected chi connectivity index (χ3v) is 4.88. The molecule has 0 aromatic heterocycles. The number of aryl methyl sites for hydroxylation is 1. The highest BCUT2D eigenvalue weighted by atomic mass is 79.9. The fraction of sp³-hybridized carbons (Fsp3) is 0.409. The number of benzene rings is 2. The summed E-state index contributed by atoms with van der Waals surface area (Å²) >= 11 is 3.57. The third-order valence-electron chi connectivity index (χ3n) is 4.29. The van der Waals surface area contributed by atoms with E-state index in [0.717, 1.165) is 15.6 Å². The van der Waals surface area contributed by atoms with Gasteiger partial charge in [-0.2, -0.15) is 0 Å². The number of nitrogens with one attached hydrogen (secondary N) is 1. The van der Waals surface area contributed by atoms with Crippen LogP contribution < -0.4 is 14.8 Å². The molecule has 0 aliphatic heterocycles. The fourth-order valence-corrected chi connectivity index (χ4v) is 3.52. The molecule has 6 heteroatoms. The van der Waals surface area contributed by atoms with Crippen molar-refractivity contribution < 1.29 is 19.4 Å². The van der Waals surface area contributed by atoms with E-state index in [-0.39, 0.29) is 5.92 Å². The number of hydrogen-bond acceptors (Lipinski definition) is 4. The summed E-state index contributed by atoms with van der Waals surface area (Å²) in [4.78, 5) is 11.4. The van der Waals surface area contributed by atoms with E-state index >= 15 is 0 Å². The van der Waals surface area contributed by atoms with Gasteiger partial charge in [-0.05, 0) is 59.0 Å². The zero-order chi connectivity index (χ0) is 20.7. The normalized spacial score (nSPS) is 12.1. The van der Waals surface area contributed by atoms with Gasteiger partial charge < -0.3 is 19.9 Å². The Kier molecular flexibility index (Phi) is 8.33. The molecule has 0 spiro atoms. The van der Waals surface area contributed by atoms with E-state index in [1.54, 1.807) is 0 Å². The number of carboxylic acid groups (broad SMARTS) is 1. The molecule has 0 radical (unpaired) electrons. The molecule has 0 amide bonds. The van der Waals surface area contributed by atoms with Gasteiger partial charge in [-0.1, -0.05) is 43.7 Å². The van der Waals surface area contributed by atoms with Crippen LogP contribution in [0.2, 0.25) is 0 Å². The molecule has 0 heterocycles. The smallest absolute Gasteiger partial charge is 0.320 e. The van der Waals surface area contributed by atoms with Gasteiger partial charge in [-0.3, -0.25) is 4.79 Å². The van der Waals surface area contributed by atoms with Crippen molar-refractivity contribution in [2.45, 2.75) is 46.9 Å². The summed E-state index contributed by atoms with van der Waals surface area (Å²) in [7, 11) is 0. The largest absolute Gasteiger partial charge is 0.490 e. The summed E-state index contributed by atoms with van der Waals surface area (Å²) in [5.41, 5.74) is 3.19. The summed E-state index contributed by atoms with van der Waals surface area (Å²) in [5.74, 6) is 0.421. The average Bonchev–Trinajstić information content (AvgIpc) is 2.61. The predicted octanol–water partition coefficient (Wildman–Crippen LogP) is 4.93. The number of ether oxygens (including phenoxy) is 2. The lowest BCUT2D eigenvalue weighted by atomic mass is 10.0. The van der Waals surface area contributed by atoms with Crippen LogP contribution in [-0.4, -0.2) is 23.7 Å². The number of carboxylic acids is 1. The fourth-order valence-electron chi connectivity index (χ4n) is 2.92. The van der Waals surface area contributed by atoms with Gasteiger partial charge in [0.05, 0.1) is 11.1 Å². The van der Waals surface area contributed by atoms with Gasteiger partial charge in [0.15, 0.2) is 11.5 Å². The lowest BCUT2D eigenvalue weighted by molar-refractivity contribution is -0.140. The summed E-state index contributed by atoms with van der Waals surface area (Å²) in [6.45, 7) is 9.11. The van der Waals surface area contributed by atoms with Crippen molar-refractivity contribution in [3.8, 4) is 11.5 Å². The molecule has 0 aliphatic carbocycles. The van der Waals surface area contributed by atoms with E-state index in [0.29, 0.717) is 31.3 Å². The van der Waals surface area contributed by atoms with Crippen molar-refractivity contribution in [3.05, 3.63) is 57.6 Å². The van der Waals surface area contributed by atoms with Crippen LogP contribution in [0, 0.1) is 12.8 Å². The Morgan fingerprint density at radius 3 is 2.54 bits per heavy atom. The summed E-state index contributed by atoms with van der Waals surface area (Å²) < 4.78 is 12.6. The number of carbonyl (C=O) groups is 1. The molecule has 1 atom stereocenters. The first-order chi connectivity index (χ1) is 13.3. The predicted molar refractivity (Wildman–Crippen MR) is 114 cm³/mol. The highest BCUT2D eigenvalue weighted by Crippen LogP contribution is 2.37. The molecule has 2 N–H and O–H groups in total. The molecular weight excluding hydrogens is 422 g/mol. The molecular formula is C22H28BrNO4. The van der Waals surface area contributed by atoms with Crippen LogP contribution in [0.3, 0.4) is 0 Å². The summed E-state index contributed by atoms with van der Waals surface area (Å²) in [5, 5.41) is 12.4. The van der Waals surface area contributed by atoms with Gasteiger partial charge in [-0.25, -0.2) is 0 Å². The molecule has 0 saturated carbocycles. The van der Waals surface area contributed by atoms with Crippen molar-refractivity contribution in [1.29, 1.82) is 0 Å². The van der Waals surface area contributed by atoms with Gasteiger partial charge in [0.25, 0.3) is 0 Å². The Hall–Kier alpha value is -2.05. The zero-order valence-corrected chi connectivity index (χ0v) is 18.4. The van der Waals surface area contributed by atoms with Crippen LogP contribution >= 0.6 is 15.9 Å². The maximum Gasteiger partial charge on any atom is 0.320 e. The van der Waals surface area contributed by atoms with Crippen LogP contribution in [0.1, 0.15) is 37.5 Å². The molecule has 5 nitrogen and oxygen atoms in total. The molecule has 2 rings (SSSR count). The van der Waals surface area contributed by atoms with Gasteiger partial charge in [0.2, 0.25) is 0 Å². The highest BCUT2D eigenvalue weighted by Gasteiger charge is 2.21. The first-order valence-corrected chi connectivity index (χ1v) is 10.2. The standard InChI is InChI=1S/C22H28BrNO4/c1-5-27-19-11-17(12-24-20(14(2)3)22(25)26)10-18(23)21(19)28-13-16-8-6-7-15(4)9-16/h6-11,14,20,24H,5,12-13H2,1-4H3,(H,25,26). The molecule has 1 unspecified atom stereocenters. The van der Waals surface area contributed by atoms with E-state index in [1.807, 2.05) is 58.0 Å². The topological polar surface area (TPSA) is 67.8 Å². The minimum Gasteiger partial charge on any atom is -0.490 e. The van der Waals surface area contributed by atoms with Gasteiger partial charge in [-0.15, -0.1) is 0 Å². The molecule has 0 bridgehead atoms. The van der Waals surface area contributed by atoms with E-state index in [2.05, 4.69) is 27.3 Å². The maximum absolute atomic E-state index is 11.4. The number of aliphatic carboxylic acids is 1. The van der Waals surface area contributed by atoms with Gasteiger partial charge in [0.1, 0.15) is 12.6 Å². The minimum atomic E-state index is -0.850. The van der Waals surface area contributed by atoms with E-state index in [9.17, 15) is 9.90 Å². The molecule has 2 aromatic carbocycles. The van der Waals surface area contributed by atoms with Crippen molar-refractivity contribution in [3.63, 3.8) is 0 Å². The van der Waals surface area contributed by atoms with Crippen molar-refractivity contribution in [2.75, 3.05) is 6.61 Å². The SMILES string of the molecule is CCOc1cc(CNC(C(=O)O)C(C)C)cc(Br)c1OCc1cccc(C)c1. The van der Waals surface area contributed by atoms with E-state index in [1.165, 1.54) is 5.56 Å². The van der Waals surface area contributed by atoms with Crippen LogP contribution in [0.15, 0.2) is 40.9 Å². The summed E-state index contributed by atoms with van der Waals surface area (Å²) in [6, 6.07) is 11.4. The highest BCUT2D eigenvalue weighted by molar-refractivity contribution is 9.10. The lowest BCUT2D eigenvalue weighted by Gasteiger charge is -2.19. The second-order valence-electron chi connectivity index (χ2n) is 7.06. The average molecular weight is 450 g/mol. The second-order valence-corrected chi connectivity index (χ2v) is 7.91. The third kappa shape index (κ3) is 6.24. The van der Waals surface area contributed by atoms with Crippen LogP contribution in [-0.2, 0) is 17.9 Å². The summed E-state index contributed by atoms with van der Waals surface area (Å²) in [6.07, 6.45) is 0. The van der Waals surface area contributed by atoms with E-state index < -0.39 is 12.0 Å². The van der Waals surface area contributed by atoms with Crippen molar-refractivity contribution in [1.82, 2.24) is 5.32 Å². The number of halogens is 1. The molecule has 28 heavy (non-hydrogen) atoms. The monoisotopic (exact) mass is 449 g/mol. The molecule has 0 fully saturated rings. The minimum absolute atomic E-state index is 0.00996. The molecule has 0 saturated heterocycles. The Bertz CT molecular complexity index is 807. The Morgan fingerprint density at radius 2 is 1.93 bits per heavy atom. The molecule has 2 aromatic rings. The van der Waals surface area contributed by atoms with Crippen molar-refractivity contribution >= 4 is 21.9 Å². The first-order valence-electron chi connectivity index (χ1n) is 9.41. The quantitative estimate of drug-likeness (QED) is 0.537. The van der Waals surface area contributed by atoms with Crippen LogP contribution in [0.5, 0.6) is 11.5 Å². The van der Waals surface area contributed by atoms with Gasteiger partial charge >= 0.3 is 5.97 Å². The molecule has 0 aliphatic rings. The van der Waals surface area contributed by atoms with Crippen molar-refractivity contribution in [2.24, 2.45) is 5.92 Å². The Labute approximate surface area is 175 Å². The van der Waals surface area contributed by atoms with Crippen LogP contribution in [0.4, 0.5) is 0 Å². The second kappa shape index (κ2) is 10.5. The Morgan fingerprint density at radius 1 is 1.18 bits per heavy atom. The first kappa shape index (κ1) is 22.2. The maximum atomic E-state index is 11.4. The van der Waals surface area contributed by atoms with Crippen LogP contribution in [0.25, 0.3) is 0 Å². The van der Waals surface area contributed by atoms with Gasteiger partial charge in [0, 0.05) is 6.54 Å². The number of hydrogen-bond donors (Lipinski definition) is 2. The van der Waals surface area contributed by atoms with E-state index in [4.69, 9.17) is 9.47 Å². The number of rotatable bonds is 10.